The molecule has 118 valence electrons. The number of pyridine rings is 1. The molecule has 1 atom stereocenters. The summed E-state index contributed by atoms with van der Waals surface area (Å²) in [5.41, 5.74) is 7.49. The van der Waals surface area contributed by atoms with Crippen molar-refractivity contribution in [2.24, 2.45) is 5.73 Å². The quantitative estimate of drug-likeness (QED) is 0.858. The summed E-state index contributed by atoms with van der Waals surface area (Å²) >= 11 is 0. The van der Waals surface area contributed by atoms with Crippen molar-refractivity contribution in [3.05, 3.63) is 24.0 Å². The van der Waals surface area contributed by atoms with Gasteiger partial charge < -0.3 is 15.7 Å². The zero-order valence-corrected chi connectivity index (χ0v) is 13.4. The van der Waals surface area contributed by atoms with E-state index in [4.69, 9.17) is 5.73 Å². The number of nitrogens with zero attached hydrogens (tertiary/aromatic N) is 3. The fraction of sp³-hybridized carbons (Fsp3) is 0.688. The molecule has 0 bridgehead atoms. The van der Waals surface area contributed by atoms with E-state index in [-0.39, 0.29) is 6.04 Å². The van der Waals surface area contributed by atoms with Gasteiger partial charge in [0.1, 0.15) is 0 Å². The summed E-state index contributed by atoms with van der Waals surface area (Å²) in [6, 6.07) is 4.18. The van der Waals surface area contributed by atoms with E-state index in [0.717, 1.165) is 50.5 Å². The summed E-state index contributed by atoms with van der Waals surface area (Å²) in [4.78, 5) is 9.14. The van der Waals surface area contributed by atoms with Gasteiger partial charge in [0.2, 0.25) is 0 Å². The molecule has 0 radical (unpaired) electrons. The molecule has 1 aliphatic heterocycles. The van der Waals surface area contributed by atoms with E-state index >= 15 is 0 Å². The Morgan fingerprint density at radius 3 is 2.43 bits per heavy atom. The number of hydrogen-bond donors (Lipinski definition) is 2. The van der Waals surface area contributed by atoms with Gasteiger partial charge in [0, 0.05) is 38.8 Å². The molecule has 2 rings (SSSR count). The molecule has 1 aliphatic rings. The molecule has 5 nitrogen and oxygen atoms in total. The van der Waals surface area contributed by atoms with Gasteiger partial charge >= 0.3 is 0 Å². The molecule has 21 heavy (non-hydrogen) atoms. The van der Waals surface area contributed by atoms with Crippen LogP contribution in [-0.2, 0) is 0 Å². The minimum absolute atomic E-state index is 0.0303. The number of rotatable bonds is 5. The van der Waals surface area contributed by atoms with Gasteiger partial charge in [-0.2, -0.15) is 0 Å². The molecule has 0 saturated carbocycles. The van der Waals surface area contributed by atoms with Crippen molar-refractivity contribution in [1.29, 1.82) is 0 Å². The molecule has 0 aliphatic carbocycles. The predicted octanol–water partition coefficient (Wildman–Crippen LogP) is 1.38. The summed E-state index contributed by atoms with van der Waals surface area (Å²) in [5, 5.41) is 9.88. The van der Waals surface area contributed by atoms with Crippen LogP contribution in [0.2, 0.25) is 0 Å². The minimum Gasteiger partial charge on any atom is -0.389 e. The van der Waals surface area contributed by atoms with E-state index in [9.17, 15) is 5.11 Å². The van der Waals surface area contributed by atoms with Gasteiger partial charge in [0.15, 0.2) is 0 Å². The molecule has 0 unspecified atom stereocenters. The van der Waals surface area contributed by atoms with Gasteiger partial charge in [-0.05, 0) is 32.4 Å². The Morgan fingerprint density at radius 2 is 1.95 bits per heavy atom. The highest BCUT2D eigenvalue weighted by Crippen LogP contribution is 2.19. The number of nitrogens with two attached hydrogens (primary N) is 1. The van der Waals surface area contributed by atoms with Crippen LogP contribution in [0.25, 0.3) is 0 Å². The lowest BCUT2D eigenvalue weighted by atomic mass is 10.1. The first-order valence-corrected chi connectivity index (χ1v) is 7.80. The van der Waals surface area contributed by atoms with Crippen LogP contribution < -0.4 is 10.6 Å². The van der Waals surface area contributed by atoms with Crippen LogP contribution in [0.3, 0.4) is 0 Å². The fourth-order valence-corrected chi connectivity index (χ4v) is 2.72. The van der Waals surface area contributed by atoms with Crippen LogP contribution in [0.5, 0.6) is 0 Å². The Bertz CT molecular complexity index is 433. The first kappa shape index (κ1) is 16.2. The molecule has 1 aromatic rings. The smallest absolute Gasteiger partial charge is 0.0718 e. The number of aromatic nitrogens is 1. The lowest BCUT2D eigenvalue weighted by Gasteiger charge is -2.38. The van der Waals surface area contributed by atoms with Crippen molar-refractivity contribution in [3.63, 3.8) is 0 Å². The Hall–Kier alpha value is -1.17. The minimum atomic E-state index is -0.623. The summed E-state index contributed by atoms with van der Waals surface area (Å²) in [6.45, 7) is 10.4. The van der Waals surface area contributed by atoms with Crippen LogP contribution in [0, 0.1) is 0 Å². The zero-order chi connectivity index (χ0) is 15.5. The lowest BCUT2D eigenvalue weighted by molar-refractivity contribution is 0.0345. The average molecular weight is 292 g/mol. The standard InChI is InChI=1S/C16H28N4O/c1-4-14(17)15-6-5-13(11-18-15)20-9-7-19(8-10-20)12-16(2,3)21/h5-6,11,14,21H,4,7-10,12,17H2,1-3H3/t14-/m1/s1. The molecule has 1 aromatic heterocycles. The number of aliphatic hydroxyl groups is 1. The topological polar surface area (TPSA) is 65.6 Å². The highest BCUT2D eigenvalue weighted by Gasteiger charge is 2.23. The molecule has 2 heterocycles. The molecule has 5 heteroatoms. The largest absolute Gasteiger partial charge is 0.389 e. The average Bonchev–Trinajstić information content (AvgIpc) is 2.46. The molecule has 0 amide bonds. The van der Waals surface area contributed by atoms with Gasteiger partial charge in [-0.25, -0.2) is 0 Å². The van der Waals surface area contributed by atoms with Gasteiger partial charge in [0.05, 0.1) is 23.2 Å². The molecule has 1 saturated heterocycles. The molecule has 0 aromatic carbocycles. The Labute approximate surface area is 127 Å². The van der Waals surface area contributed by atoms with Crippen LogP contribution in [-0.4, -0.2) is 53.3 Å². The van der Waals surface area contributed by atoms with Crippen molar-refractivity contribution in [2.75, 3.05) is 37.6 Å². The maximum absolute atomic E-state index is 9.88. The third-order valence-electron chi connectivity index (χ3n) is 3.94. The van der Waals surface area contributed by atoms with Crippen LogP contribution >= 0.6 is 0 Å². The SMILES string of the molecule is CC[C@@H](N)c1ccc(N2CCN(CC(C)(C)O)CC2)cn1. The summed E-state index contributed by atoms with van der Waals surface area (Å²) in [5.74, 6) is 0. The summed E-state index contributed by atoms with van der Waals surface area (Å²) < 4.78 is 0. The van der Waals surface area contributed by atoms with E-state index in [0.29, 0.717) is 0 Å². The van der Waals surface area contributed by atoms with E-state index in [2.05, 4.69) is 27.8 Å². The van der Waals surface area contributed by atoms with Crippen molar-refractivity contribution >= 4 is 5.69 Å². The van der Waals surface area contributed by atoms with Crippen LogP contribution in [0.1, 0.15) is 38.9 Å². The van der Waals surface area contributed by atoms with Crippen molar-refractivity contribution < 1.29 is 5.11 Å². The van der Waals surface area contributed by atoms with Crippen molar-refractivity contribution in [2.45, 2.75) is 38.8 Å². The lowest BCUT2D eigenvalue weighted by Crippen LogP contribution is -2.50. The molecule has 3 N–H and O–H groups in total. The Kier molecular flexibility index (Phi) is 5.19. The molecular formula is C16H28N4O. The normalized spacial score (nSPS) is 18.8. The maximum Gasteiger partial charge on any atom is 0.0718 e. The van der Waals surface area contributed by atoms with Gasteiger partial charge in [-0.3, -0.25) is 9.88 Å². The Morgan fingerprint density at radius 1 is 1.29 bits per heavy atom. The van der Waals surface area contributed by atoms with E-state index in [1.807, 2.05) is 26.1 Å². The number of piperazine rings is 1. The van der Waals surface area contributed by atoms with Crippen molar-refractivity contribution in [3.8, 4) is 0 Å². The second-order valence-electron chi connectivity index (χ2n) is 6.53. The molecular weight excluding hydrogens is 264 g/mol. The first-order valence-electron chi connectivity index (χ1n) is 7.80. The summed E-state index contributed by atoms with van der Waals surface area (Å²) in [6.07, 6.45) is 2.83. The highest BCUT2D eigenvalue weighted by molar-refractivity contribution is 5.45. The van der Waals surface area contributed by atoms with E-state index < -0.39 is 5.60 Å². The molecule has 0 spiro atoms. The van der Waals surface area contributed by atoms with Crippen LogP contribution in [0.4, 0.5) is 5.69 Å². The van der Waals surface area contributed by atoms with Gasteiger partial charge in [-0.15, -0.1) is 0 Å². The van der Waals surface area contributed by atoms with E-state index in [1.165, 1.54) is 0 Å². The second-order valence-corrected chi connectivity index (χ2v) is 6.53. The number of hydrogen-bond acceptors (Lipinski definition) is 5. The Balaban J connectivity index is 1.90. The molecule has 1 fully saturated rings. The first-order chi connectivity index (χ1) is 9.89. The third kappa shape index (κ3) is 4.66. The van der Waals surface area contributed by atoms with Gasteiger partial charge in [0.25, 0.3) is 0 Å². The fourth-order valence-electron chi connectivity index (χ4n) is 2.72. The van der Waals surface area contributed by atoms with E-state index in [1.54, 1.807) is 0 Å². The number of β-amino-alcohol motifs (C(OH)–C–C–N with tert-alkyl or cyclic N) is 1. The zero-order valence-electron chi connectivity index (χ0n) is 13.4. The van der Waals surface area contributed by atoms with Crippen LogP contribution in [0.15, 0.2) is 18.3 Å². The maximum atomic E-state index is 9.88. The predicted molar refractivity (Wildman–Crippen MR) is 86.4 cm³/mol. The summed E-state index contributed by atoms with van der Waals surface area (Å²) in [7, 11) is 0. The van der Waals surface area contributed by atoms with Crippen molar-refractivity contribution in [1.82, 2.24) is 9.88 Å². The monoisotopic (exact) mass is 292 g/mol. The van der Waals surface area contributed by atoms with Gasteiger partial charge in [-0.1, -0.05) is 6.92 Å². The second kappa shape index (κ2) is 6.73. The number of anilines is 1. The highest BCUT2D eigenvalue weighted by atomic mass is 16.3. The third-order valence-corrected chi connectivity index (χ3v) is 3.94.